The van der Waals surface area contributed by atoms with Crippen LogP contribution in [0.4, 0.5) is 14.6 Å². The highest BCUT2D eigenvalue weighted by Gasteiger charge is 2.29. The zero-order valence-corrected chi connectivity index (χ0v) is 13.8. The Labute approximate surface area is 143 Å². The summed E-state index contributed by atoms with van der Waals surface area (Å²) in [7, 11) is 3.04. The maximum Gasteiger partial charge on any atom is 0.244 e. The van der Waals surface area contributed by atoms with Crippen LogP contribution in [-0.4, -0.2) is 42.3 Å². The molecule has 6 nitrogen and oxygen atoms in total. The monoisotopic (exact) mass is 348 g/mol. The number of hydrogen-bond acceptors (Lipinski definition) is 4. The molecular formula is C17H18F2N4O2. The Morgan fingerprint density at radius 3 is 2.36 bits per heavy atom. The van der Waals surface area contributed by atoms with Crippen molar-refractivity contribution in [3.05, 3.63) is 59.8 Å². The highest BCUT2D eigenvalue weighted by molar-refractivity contribution is 5.94. The summed E-state index contributed by atoms with van der Waals surface area (Å²) in [5, 5.41) is 4.88. The van der Waals surface area contributed by atoms with Gasteiger partial charge in [0.2, 0.25) is 11.8 Å². The fourth-order valence-corrected chi connectivity index (χ4v) is 2.28. The smallest absolute Gasteiger partial charge is 0.244 e. The van der Waals surface area contributed by atoms with E-state index in [2.05, 4.69) is 15.6 Å². The van der Waals surface area contributed by atoms with Crippen molar-refractivity contribution < 1.29 is 18.4 Å². The second-order valence-corrected chi connectivity index (χ2v) is 5.48. The van der Waals surface area contributed by atoms with Gasteiger partial charge in [0, 0.05) is 6.20 Å². The van der Waals surface area contributed by atoms with Crippen LogP contribution in [0.2, 0.25) is 0 Å². The normalized spacial score (nSPS) is 11.9. The van der Waals surface area contributed by atoms with E-state index in [1.807, 2.05) is 0 Å². The second-order valence-electron chi connectivity index (χ2n) is 5.48. The first-order valence-corrected chi connectivity index (χ1v) is 7.49. The van der Waals surface area contributed by atoms with Gasteiger partial charge in [0.25, 0.3) is 0 Å². The van der Waals surface area contributed by atoms with E-state index in [4.69, 9.17) is 0 Å². The summed E-state index contributed by atoms with van der Waals surface area (Å²) in [6.07, 6.45) is 1.51. The average molecular weight is 348 g/mol. The number of likely N-dealkylation sites (N-methyl/N-ethyl adjacent to an activating group) is 1. The molecule has 0 spiro atoms. The third kappa shape index (κ3) is 4.80. The van der Waals surface area contributed by atoms with Gasteiger partial charge in [-0.15, -0.1) is 0 Å². The number of halogens is 2. The third-order valence-corrected chi connectivity index (χ3v) is 3.39. The van der Waals surface area contributed by atoms with E-state index in [9.17, 15) is 18.4 Å². The predicted molar refractivity (Wildman–Crippen MR) is 88.7 cm³/mol. The molecule has 1 aromatic heterocycles. The quantitative estimate of drug-likeness (QED) is 0.834. The summed E-state index contributed by atoms with van der Waals surface area (Å²) < 4.78 is 27.9. The number of rotatable bonds is 6. The van der Waals surface area contributed by atoms with Crippen molar-refractivity contribution in [1.29, 1.82) is 0 Å². The maximum atomic E-state index is 14.0. The minimum Gasteiger partial charge on any atom is -0.345 e. The average Bonchev–Trinajstić information content (AvgIpc) is 2.56. The molecule has 0 bridgehead atoms. The van der Waals surface area contributed by atoms with Gasteiger partial charge >= 0.3 is 0 Å². The lowest BCUT2D eigenvalue weighted by Crippen LogP contribution is -2.41. The molecule has 0 aliphatic heterocycles. The summed E-state index contributed by atoms with van der Waals surface area (Å²) in [5.74, 6) is -2.51. The number of carbonyl (C=O) groups excluding carboxylic acids is 2. The zero-order chi connectivity index (χ0) is 18.4. The van der Waals surface area contributed by atoms with E-state index in [0.717, 1.165) is 12.1 Å². The van der Waals surface area contributed by atoms with Crippen LogP contribution in [0.15, 0.2) is 42.6 Å². The van der Waals surface area contributed by atoms with Crippen LogP contribution in [-0.2, 0) is 9.59 Å². The number of pyridine rings is 1. The Bertz CT molecular complexity index is 733. The first-order chi connectivity index (χ1) is 11.9. The molecule has 2 amide bonds. The Morgan fingerprint density at radius 2 is 1.80 bits per heavy atom. The number of benzene rings is 1. The van der Waals surface area contributed by atoms with Gasteiger partial charge in [-0.2, -0.15) is 0 Å². The largest absolute Gasteiger partial charge is 0.345 e. The zero-order valence-electron chi connectivity index (χ0n) is 13.8. The molecule has 0 saturated carbocycles. The van der Waals surface area contributed by atoms with Crippen LogP contribution in [0.3, 0.4) is 0 Å². The molecule has 0 unspecified atom stereocenters. The molecule has 1 aromatic carbocycles. The minimum atomic E-state index is -1.20. The highest BCUT2D eigenvalue weighted by atomic mass is 19.1. The molecule has 0 aliphatic rings. The number of carbonyl (C=O) groups is 2. The maximum absolute atomic E-state index is 14.0. The van der Waals surface area contributed by atoms with E-state index in [0.29, 0.717) is 5.82 Å². The summed E-state index contributed by atoms with van der Waals surface area (Å²) in [6, 6.07) is 7.16. The van der Waals surface area contributed by atoms with Gasteiger partial charge in [-0.05, 0) is 38.4 Å². The van der Waals surface area contributed by atoms with Crippen LogP contribution in [0.1, 0.15) is 11.6 Å². The number of nitrogens with one attached hydrogen (secondary N) is 2. The molecule has 2 aromatic rings. The van der Waals surface area contributed by atoms with Gasteiger partial charge in [0.1, 0.15) is 23.5 Å². The molecule has 1 atom stereocenters. The SMILES string of the molecule is CN(C)[C@H](C(=O)NCC(=O)Nc1ccccn1)c1c(F)cccc1F. The topological polar surface area (TPSA) is 74.3 Å². The molecule has 0 aliphatic carbocycles. The van der Waals surface area contributed by atoms with Gasteiger partial charge in [-0.25, -0.2) is 13.8 Å². The van der Waals surface area contributed by atoms with Gasteiger partial charge in [0.15, 0.2) is 0 Å². The molecule has 8 heteroatoms. The number of aromatic nitrogens is 1. The van der Waals surface area contributed by atoms with Crippen LogP contribution in [0.25, 0.3) is 0 Å². The lowest BCUT2D eigenvalue weighted by Gasteiger charge is -2.24. The Kier molecular flexibility index (Phi) is 6.13. The molecule has 0 fully saturated rings. The summed E-state index contributed by atoms with van der Waals surface area (Å²) in [6.45, 7) is -0.351. The lowest BCUT2D eigenvalue weighted by molar-refractivity contribution is -0.128. The van der Waals surface area contributed by atoms with Crippen molar-refractivity contribution in [2.45, 2.75) is 6.04 Å². The molecule has 132 valence electrons. The summed E-state index contributed by atoms with van der Waals surface area (Å²) >= 11 is 0. The molecule has 1 heterocycles. The van der Waals surface area contributed by atoms with Gasteiger partial charge in [-0.1, -0.05) is 12.1 Å². The van der Waals surface area contributed by atoms with Crippen LogP contribution in [0, 0.1) is 11.6 Å². The minimum absolute atomic E-state index is 0.339. The van der Waals surface area contributed by atoms with Gasteiger partial charge < -0.3 is 10.6 Å². The van der Waals surface area contributed by atoms with E-state index in [1.165, 1.54) is 31.3 Å². The number of nitrogens with zero attached hydrogens (tertiary/aromatic N) is 2. The van der Waals surface area contributed by atoms with Crippen molar-refractivity contribution in [3.8, 4) is 0 Å². The lowest BCUT2D eigenvalue weighted by atomic mass is 10.0. The van der Waals surface area contributed by atoms with Crippen LogP contribution < -0.4 is 10.6 Å². The standard InChI is InChI=1S/C17H18F2N4O2/c1-23(2)16(15-11(18)6-5-7-12(15)19)17(25)21-10-14(24)22-13-8-3-4-9-20-13/h3-9,16H,10H2,1-2H3,(H,21,25)(H,20,22,24)/t16-/m0/s1. The molecule has 25 heavy (non-hydrogen) atoms. The Hall–Kier alpha value is -2.87. The second kappa shape index (κ2) is 8.29. The van der Waals surface area contributed by atoms with E-state index in [1.54, 1.807) is 18.2 Å². The molecule has 0 radical (unpaired) electrons. The van der Waals surface area contributed by atoms with Crippen molar-refractivity contribution >= 4 is 17.6 Å². The predicted octanol–water partition coefficient (Wildman–Crippen LogP) is 1.72. The number of hydrogen-bond donors (Lipinski definition) is 2. The number of anilines is 1. The van der Waals surface area contributed by atoms with Crippen molar-refractivity contribution in [2.75, 3.05) is 26.0 Å². The highest BCUT2D eigenvalue weighted by Crippen LogP contribution is 2.24. The van der Waals surface area contributed by atoms with Crippen molar-refractivity contribution in [3.63, 3.8) is 0 Å². The van der Waals surface area contributed by atoms with Crippen molar-refractivity contribution in [2.24, 2.45) is 0 Å². The van der Waals surface area contributed by atoms with Crippen molar-refractivity contribution in [1.82, 2.24) is 15.2 Å². The first-order valence-electron chi connectivity index (χ1n) is 7.49. The number of amides is 2. The summed E-state index contributed by atoms with van der Waals surface area (Å²) in [4.78, 5) is 29.5. The van der Waals surface area contributed by atoms with Gasteiger partial charge in [-0.3, -0.25) is 14.5 Å². The van der Waals surface area contributed by atoms with Crippen LogP contribution in [0.5, 0.6) is 0 Å². The van der Waals surface area contributed by atoms with E-state index < -0.39 is 29.5 Å². The molecule has 0 saturated heterocycles. The Balaban J connectivity index is 2.05. The van der Waals surface area contributed by atoms with Crippen LogP contribution >= 0.6 is 0 Å². The van der Waals surface area contributed by atoms with Gasteiger partial charge in [0.05, 0.1) is 12.1 Å². The van der Waals surface area contributed by atoms with E-state index >= 15 is 0 Å². The van der Waals surface area contributed by atoms with E-state index in [-0.39, 0.29) is 12.1 Å². The third-order valence-electron chi connectivity index (χ3n) is 3.39. The fourth-order valence-electron chi connectivity index (χ4n) is 2.28. The Morgan fingerprint density at radius 1 is 1.12 bits per heavy atom. The molecular weight excluding hydrogens is 330 g/mol. The molecule has 2 N–H and O–H groups in total. The first kappa shape index (κ1) is 18.5. The summed E-state index contributed by atoms with van der Waals surface area (Å²) in [5.41, 5.74) is -0.366. The fraction of sp³-hybridized carbons (Fsp3) is 0.235. The molecule has 2 rings (SSSR count).